The second-order valence-corrected chi connectivity index (χ2v) is 13.7. The minimum Gasteiger partial charge on any atom is -0.394 e. The molecule has 0 spiro atoms. The van der Waals surface area contributed by atoms with E-state index < -0.39 is 52.4 Å². The van der Waals surface area contributed by atoms with Crippen molar-refractivity contribution in [2.75, 3.05) is 30.3 Å². The van der Waals surface area contributed by atoms with Crippen molar-refractivity contribution < 1.29 is 41.7 Å². The van der Waals surface area contributed by atoms with E-state index in [1.54, 1.807) is 19.1 Å². The van der Waals surface area contributed by atoms with Gasteiger partial charge in [0.2, 0.25) is 16.0 Å². The molecule has 1 amide bonds. The zero-order valence-electron chi connectivity index (χ0n) is 27.0. The molecule has 5 rings (SSSR count). The van der Waals surface area contributed by atoms with Gasteiger partial charge in [-0.25, -0.2) is 18.5 Å². The highest BCUT2D eigenvalue weighted by Crippen LogP contribution is 2.38. The van der Waals surface area contributed by atoms with Crippen molar-refractivity contribution in [1.82, 2.24) is 24.4 Å². The topological polar surface area (TPSA) is 209 Å². The summed E-state index contributed by atoms with van der Waals surface area (Å²) >= 11 is 0. The number of imidazole rings is 1. The number of fused-ring (bicyclic) bond motifs is 1. The molecule has 0 unspecified atom stereocenters. The number of hydrogen-bond acceptors (Lipinski definition) is 11. The predicted octanol–water partition coefficient (Wildman–Crippen LogP) is 1.98. The molecular weight excluding hydrogens is 681 g/mol. The van der Waals surface area contributed by atoms with Gasteiger partial charge in [-0.3, -0.25) is 4.79 Å². The number of benzene rings is 2. The van der Waals surface area contributed by atoms with Gasteiger partial charge in [0.25, 0.3) is 0 Å². The summed E-state index contributed by atoms with van der Waals surface area (Å²) in [6, 6.07) is 12.6. The van der Waals surface area contributed by atoms with Gasteiger partial charge in [0, 0.05) is 13.1 Å². The molecule has 0 aliphatic heterocycles. The summed E-state index contributed by atoms with van der Waals surface area (Å²) in [5.41, 5.74) is 2.17. The van der Waals surface area contributed by atoms with Crippen LogP contribution in [0, 0.1) is 0 Å². The fourth-order valence-electron chi connectivity index (χ4n) is 6.15. The van der Waals surface area contributed by atoms with Gasteiger partial charge in [0.05, 0.1) is 36.0 Å². The molecule has 1 aliphatic rings. The molecule has 5 atom stereocenters. The summed E-state index contributed by atoms with van der Waals surface area (Å²) in [7, 11) is -3.85. The Bertz CT molecular complexity index is 1880. The van der Waals surface area contributed by atoms with Crippen LogP contribution in [0.15, 0.2) is 65.8 Å². The van der Waals surface area contributed by atoms with Gasteiger partial charge in [-0.05, 0) is 48.9 Å². The third kappa shape index (κ3) is 8.32. The minimum absolute atomic E-state index is 0.0241. The van der Waals surface area contributed by atoms with Crippen LogP contribution < -0.4 is 15.8 Å². The largest absolute Gasteiger partial charge is 0.471 e. The van der Waals surface area contributed by atoms with E-state index in [-0.39, 0.29) is 53.8 Å². The molecular formula is C32H39F3N8O6S. The number of carbonyl (C=O) groups is 1. The molecule has 18 heteroatoms. The van der Waals surface area contributed by atoms with Crippen molar-refractivity contribution in [3.05, 3.63) is 72.1 Å². The Hall–Kier alpha value is -4.36. The predicted molar refractivity (Wildman–Crippen MR) is 177 cm³/mol. The van der Waals surface area contributed by atoms with E-state index in [9.17, 15) is 41.7 Å². The summed E-state index contributed by atoms with van der Waals surface area (Å²) in [5.74, 6) is -1.75. The van der Waals surface area contributed by atoms with Crippen LogP contribution in [0.1, 0.15) is 36.9 Å². The number of halogens is 3. The van der Waals surface area contributed by atoms with E-state index in [0.29, 0.717) is 24.3 Å². The maximum absolute atomic E-state index is 13.5. The molecule has 2 heterocycles. The van der Waals surface area contributed by atoms with Gasteiger partial charge in [0.1, 0.15) is 12.2 Å². The van der Waals surface area contributed by atoms with Crippen LogP contribution in [0.25, 0.3) is 11.2 Å². The highest BCUT2D eigenvalue weighted by Gasteiger charge is 2.51. The zero-order valence-corrected chi connectivity index (χ0v) is 27.8. The molecule has 1 saturated carbocycles. The number of nitrogens with one attached hydrogen (secondary N) is 2. The van der Waals surface area contributed by atoms with Crippen molar-refractivity contribution in [2.45, 2.75) is 74.0 Å². The molecule has 4 aromatic rings. The standard InChI is InChI=1S/C32H39F3N8O6S/c1-2-14-42(30(47)32(33,34)35)23-16-24(27(46)26(23)45)43-18-38-25-28(37-13-12-19-8-10-22(11-9-19)50(36,48)49)40-31(41-29(25)43)39-21(17-44)15-20-6-4-3-5-7-20/h3-11,18,21,23-24,26-27,44-46H,2,12-17H2,1H3,(H2,36,48,49)(H2,37,39,40,41)/t21-,23-,24+,26+,27-/m0/s1. The Labute approximate surface area is 286 Å². The number of nitrogens with two attached hydrogens (primary N) is 1. The molecule has 50 heavy (non-hydrogen) atoms. The number of carbonyl (C=O) groups excluding carboxylic acids is 1. The number of rotatable bonds is 14. The van der Waals surface area contributed by atoms with Crippen LogP contribution in [0.2, 0.25) is 0 Å². The van der Waals surface area contributed by atoms with Crippen molar-refractivity contribution in [2.24, 2.45) is 5.14 Å². The van der Waals surface area contributed by atoms with Crippen LogP contribution in [-0.2, 0) is 27.7 Å². The van der Waals surface area contributed by atoms with Crippen molar-refractivity contribution in [1.29, 1.82) is 0 Å². The van der Waals surface area contributed by atoms with Crippen LogP contribution in [0.5, 0.6) is 0 Å². The monoisotopic (exact) mass is 720 g/mol. The summed E-state index contributed by atoms with van der Waals surface area (Å²) in [6.45, 7) is 1.36. The number of primary sulfonamides is 1. The number of sulfonamides is 1. The Balaban J connectivity index is 1.46. The van der Waals surface area contributed by atoms with Crippen LogP contribution >= 0.6 is 0 Å². The Morgan fingerprint density at radius 1 is 1.08 bits per heavy atom. The third-order valence-corrected chi connectivity index (χ3v) is 9.53. The highest BCUT2D eigenvalue weighted by molar-refractivity contribution is 7.89. The van der Waals surface area contributed by atoms with E-state index >= 15 is 0 Å². The number of alkyl halides is 3. The van der Waals surface area contributed by atoms with E-state index in [1.165, 1.54) is 23.0 Å². The maximum atomic E-state index is 13.5. The molecule has 0 bridgehead atoms. The normalized spacial score (nSPS) is 20.2. The summed E-state index contributed by atoms with van der Waals surface area (Å²) in [6.07, 6.45) is -6.24. The quantitative estimate of drug-likeness (QED) is 0.111. The van der Waals surface area contributed by atoms with E-state index in [0.717, 1.165) is 11.1 Å². The SMILES string of the molecule is CCCN(C(=O)C(F)(F)F)[C@H]1C[C@@H](n2cnc3c(NCCc4ccc(S(N)(=O)=O)cc4)nc(N[C@H](CO)Cc4ccccc4)nc32)[C@H](O)[C@@H]1O. The number of anilines is 2. The van der Waals surface area contributed by atoms with E-state index in [1.807, 2.05) is 30.3 Å². The van der Waals surface area contributed by atoms with Crippen molar-refractivity contribution in [3.63, 3.8) is 0 Å². The molecule has 2 aromatic heterocycles. The number of nitrogens with zero attached hydrogens (tertiary/aromatic N) is 5. The van der Waals surface area contributed by atoms with Gasteiger partial charge in [-0.1, -0.05) is 49.4 Å². The highest BCUT2D eigenvalue weighted by atomic mass is 32.2. The number of aliphatic hydroxyl groups excluding tert-OH is 3. The first-order valence-corrected chi connectivity index (χ1v) is 17.5. The lowest BCUT2D eigenvalue weighted by molar-refractivity contribution is -0.190. The van der Waals surface area contributed by atoms with Crippen molar-refractivity contribution >= 4 is 38.9 Å². The average Bonchev–Trinajstić information content (AvgIpc) is 3.62. The summed E-state index contributed by atoms with van der Waals surface area (Å²) in [5, 5.41) is 43.7. The van der Waals surface area contributed by atoms with Gasteiger partial charge in [0.15, 0.2) is 17.0 Å². The van der Waals surface area contributed by atoms with Crippen LogP contribution in [0.3, 0.4) is 0 Å². The first-order valence-electron chi connectivity index (χ1n) is 16.0. The fraction of sp³-hybridized carbons (Fsp3) is 0.438. The first kappa shape index (κ1) is 36.9. The average molecular weight is 721 g/mol. The van der Waals surface area contributed by atoms with Gasteiger partial charge < -0.3 is 35.4 Å². The molecule has 270 valence electrons. The lowest BCUT2D eigenvalue weighted by atomic mass is 10.1. The number of amides is 1. The second kappa shape index (κ2) is 15.3. The van der Waals surface area contributed by atoms with E-state index in [2.05, 4.69) is 25.6 Å². The molecule has 2 aromatic carbocycles. The van der Waals surface area contributed by atoms with Crippen LogP contribution in [0.4, 0.5) is 24.9 Å². The third-order valence-electron chi connectivity index (χ3n) is 8.60. The molecule has 1 aliphatic carbocycles. The lowest BCUT2D eigenvalue weighted by Gasteiger charge is -2.31. The molecule has 14 nitrogen and oxygen atoms in total. The Morgan fingerprint density at radius 3 is 2.40 bits per heavy atom. The Morgan fingerprint density at radius 2 is 1.78 bits per heavy atom. The van der Waals surface area contributed by atoms with Crippen molar-refractivity contribution in [3.8, 4) is 0 Å². The zero-order chi connectivity index (χ0) is 36.2. The molecule has 0 radical (unpaired) electrons. The molecule has 7 N–H and O–H groups in total. The number of hydrogen-bond donors (Lipinski definition) is 6. The van der Waals surface area contributed by atoms with Crippen LogP contribution in [-0.4, -0.2) is 104 Å². The molecule has 0 saturated heterocycles. The second-order valence-electron chi connectivity index (χ2n) is 12.1. The number of aliphatic hydroxyl groups is 3. The fourth-order valence-corrected chi connectivity index (χ4v) is 6.67. The summed E-state index contributed by atoms with van der Waals surface area (Å²) in [4.78, 5) is 26.5. The Kier molecular flexibility index (Phi) is 11.3. The smallest absolute Gasteiger partial charge is 0.394 e. The summed E-state index contributed by atoms with van der Waals surface area (Å²) < 4.78 is 65.1. The maximum Gasteiger partial charge on any atom is 0.471 e. The van der Waals surface area contributed by atoms with Gasteiger partial charge in [-0.15, -0.1) is 0 Å². The molecule has 1 fully saturated rings. The lowest BCUT2D eigenvalue weighted by Crippen LogP contribution is -2.51. The minimum atomic E-state index is -5.17. The first-order chi connectivity index (χ1) is 23.7. The van der Waals surface area contributed by atoms with Gasteiger partial charge in [-0.2, -0.15) is 23.1 Å². The van der Waals surface area contributed by atoms with Gasteiger partial charge >= 0.3 is 12.1 Å². The van der Waals surface area contributed by atoms with E-state index in [4.69, 9.17) is 5.14 Å². The number of aromatic nitrogens is 4.